The molecule has 0 atom stereocenters. The second kappa shape index (κ2) is 5.77. The summed E-state index contributed by atoms with van der Waals surface area (Å²) in [4.78, 5) is 15.9. The van der Waals surface area contributed by atoms with Crippen molar-refractivity contribution >= 4 is 28.2 Å². The number of thiazole rings is 1. The topological polar surface area (TPSA) is 78.9 Å². The summed E-state index contributed by atoms with van der Waals surface area (Å²) in [7, 11) is 0. The zero-order valence-electron chi connectivity index (χ0n) is 13.9. The lowest BCUT2D eigenvalue weighted by atomic mass is 10.1. The van der Waals surface area contributed by atoms with Crippen LogP contribution in [0.5, 0.6) is 0 Å². The third-order valence-corrected chi connectivity index (χ3v) is 5.23. The number of fused-ring (bicyclic) bond motifs is 1. The predicted octanol–water partition coefficient (Wildman–Crippen LogP) is 4.53. The molecule has 1 aromatic carbocycles. The predicted molar refractivity (Wildman–Crippen MR) is 94.6 cm³/mol. The molecular weight excluding hydrogens is 322 g/mol. The average Bonchev–Trinajstić information content (AvgIpc) is 3.07. The van der Waals surface area contributed by atoms with Crippen LogP contribution >= 0.6 is 11.3 Å². The highest BCUT2D eigenvalue weighted by Crippen LogP contribution is 2.34. The summed E-state index contributed by atoms with van der Waals surface area (Å²) in [5.74, 6) is -0.972. The van der Waals surface area contributed by atoms with Crippen LogP contribution in [0.15, 0.2) is 18.3 Å². The molecule has 0 bridgehead atoms. The quantitative estimate of drug-likeness (QED) is 0.760. The largest absolute Gasteiger partial charge is 0.477 e. The molecule has 0 saturated carbocycles. The lowest BCUT2D eigenvalue weighted by Gasteiger charge is -2.10. The van der Waals surface area contributed by atoms with Crippen LogP contribution in [0, 0.1) is 25.2 Å². The Morgan fingerprint density at radius 3 is 2.62 bits per heavy atom. The summed E-state index contributed by atoms with van der Waals surface area (Å²) in [5, 5.41) is 20.4. The summed E-state index contributed by atoms with van der Waals surface area (Å²) < 4.78 is 2.10. The van der Waals surface area contributed by atoms with Gasteiger partial charge in [0.1, 0.15) is 16.0 Å². The Labute approximate surface area is 143 Å². The van der Waals surface area contributed by atoms with Crippen LogP contribution in [0.2, 0.25) is 0 Å². The number of hydrogen-bond donors (Lipinski definition) is 1. The van der Waals surface area contributed by atoms with E-state index >= 15 is 0 Å². The molecule has 2 heterocycles. The minimum Gasteiger partial charge on any atom is -0.477 e. The van der Waals surface area contributed by atoms with E-state index in [2.05, 4.69) is 35.7 Å². The lowest BCUT2D eigenvalue weighted by molar-refractivity contribution is 0.0701. The van der Waals surface area contributed by atoms with Crippen molar-refractivity contribution in [3.05, 3.63) is 40.0 Å². The van der Waals surface area contributed by atoms with Gasteiger partial charge in [0.05, 0.1) is 16.8 Å². The molecule has 0 aliphatic carbocycles. The third kappa shape index (κ3) is 2.47. The minimum atomic E-state index is -0.972. The molecule has 6 heteroatoms. The molecule has 0 unspecified atom stereocenters. The monoisotopic (exact) mass is 339 g/mol. The van der Waals surface area contributed by atoms with Crippen molar-refractivity contribution in [2.24, 2.45) is 0 Å². The molecule has 2 aromatic heterocycles. The van der Waals surface area contributed by atoms with Gasteiger partial charge in [-0.25, -0.2) is 9.78 Å². The van der Waals surface area contributed by atoms with Gasteiger partial charge in [0.2, 0.25) is 0 Å². The van der Waals surface area contributed by atoms with Crippen molar-refractivity contribution in [2.75, 3.05) is 0 Å². The number of aryl methyl sites for hydroxylation is 2. The van der Waals surface area contributed by atoms with Gasteiger partial charge in [0.25, 0.3) is 0 Å². The van der Waals surface area contributed by atoms with Crippen molar-refractivity contribution < 1.29 is 9.90 Å². The van der Waals surface area contributed by atoms with E-state index in [0.29, 0.717) is 16.3 Å². The maximum absolute atomic E-state index is 11.2. The molecule has 0 fully saturated rings. The first kappa shape index (κ1) is 16.2. The Kier molecular flexibility index (Phi) is 3.90. The fourth-order valence-corrected chi connectivity index (χ4v) is 3.78. The van der Waals surface area contributed by atoms with Crippen molar-refractivity contribution in [1.82, 2.24) is 9.55 Å². The average molecular weight is 339 g/mol. The van der Waals surface area contributed by atoms with Gasteiger partial charge >= 0.3 is 5.97 Å². The number of benzene rings is 1. The number of carboxylic acids is 1. The molecule has 0 saturated heterocycles. The first-order valence-electron chi connectivity index (χ1n) is 7.59. The van der Waals surface area contributed by atoms with Crippen LogP contribution in [0.25, 0.3) is 21.5 Å². The number of carbonyl (C=O) groups is 1. The number of rotatable bonds is 3. The van der Waals surface area contributed by atoms with E-state index in [4.69, 9.17) is 0 Å². The summed E-state index contributed by atoms with van der Waals surface area (Å²) in [6.45, 7) is 7.87. The molecule has 5 nitrogen and oxygen atoms in total. The van der Waals surface area contributed by atoms with Gasteiger partial charge in [0.15, 0.2) is 0 Å². The molecule has 122 valence electrons. The fraction of sp³-hybridized carbons (Fsp3) is 0.278. The molecule has 0 amide bonds. The normalized spacial score (nSPS) is 11.2. The van der Waals surface area contributed by atoms with Crippen molar-refractivity contribution in [3.63, 3.8) is 0 Å². The highest BCUT2D eigenvalue weighted by molar-refractivity contribution is 7.17. The van der Waals surface area contributed by atoms with E-state index in [1.807, 2.05) is 13.0 Å². The van der Waals surface area contributed by atoms with Crippen molar-refractivity contribution in [3.8, 4) is 16.6 Å². The van der Waals surface area contributed by atoms with Gasteiger partial charge in [-0.1, -0.05) is 0 Å². The van der Waals surface area contributed by atoms with E-state index in [0.717, 1.165) is 33.4 Å². The Morgan fingerprint density at radius 2 is 2.08 bits per heavy atom. The standard InChI is InChI=1S/C18H17N3O2S/c1-9(2)21-8-10(3)14-6-12(5-13(7-19)15(14)21)17-20-11(4)16(24-17)18(22)23/h5-6,8-9H,1-4H3,(H,22,23). The molecule has 1 N–H and O–H groups in total. The highest BCUT2D eigenvalue weighted by Gasteiger charge is 2.18. The molecule has 24 heavy (non-hydrogen) atoms. The minimum absolute atomic E-state index is 0.236. The van der Waals surface area contributed by atoms with E-state index in [9.17, 15) is 15.2 Å². The van der Waals surface area contributed by atoms with E-state index in [-0.39, 0.29) is 10.9 Å². The number of hydrogen-bond acceptors (Lipinski definition) is 4. The number of nitrogens with zero attached hydrogens (tertiary/aromatic N) is 3. The number of nitriles is 1. The van der Waals surface area contributed by atoms with Gasteiger partial charge in [-0.3, -0.25) is 0 Å². The van der Waals surface area contributed by atoms with Gasteiger partial charge in [0, 0.05) is 23.2 Å². The Morgan fingerprint density at radius 1 is 1.38 bits per heavy atom. The Hall–Kier alpha value is -2.65. The summed E-state index contributed by atoms with van der Waals surface area (Å²) in [6, 6.07) is 6.31. The molecule has 0 radical (unpaired) electrons. The first-order valence-corrected chi connectivity index (χ1v) is 8.41. The number of carboxylic acid groups (broad SMARTS) is 1. The van der Waals surface area contributed by atoms with Gasteiger partial charge in [-0.05, 0) is 45.4 Å². The van der Waals surface area contributed by atoms with Crippen LogP contribution in [0.3, 0.4) is 0 Å². The molecule has 3 rings (SSSR count). The zero-order valence-corrected chi connectivity index (χ0v) is 14.7. The highest BCUT2D eigenvalue weighted by atomic mass is 32.1. The summed E-state index contributed by atoms with van der Waals surface area (Å²) in [5.41, 5.74) is 3.86. The van der Waals surface area contributed by atoms with Crippen LogP contribution in [-0.2, 0) is 0 Å². The first-order chi connectivity index (χ1) is 11.3. The SMILES string of the molecule is Cc1nc(-c2cc(C#N)c3c(c2)c(C)cn3C(C)C)sc1C(=O)O. The van der Waals surface area contributed by atoms with Crippen LogP contribution < -0.4 is 0 Å². The third-order valence-electron chi connectivity index (χ3n) is 4.04. The van der Waals surface area contributed by atoms with Gasteiger partial charge < -0.3 is 9.67 Å². The van der Waals surface area contributed by atoms with Crippen molar-refractivity contribution in [2.45, 2.75) is 33.7 Å². The van der Waals surface area contributed by atoms with Crippen LogP contribution in [0.1, 0.15) is 46.4 Å². The van der Waals surface area contributed by atoms with Crippen molar-refractivity contribution in [1.29, 1.82) is 5.26 Å². The molecule has 0 aliphatic heterocycles. The molecule has 0 spiro atoms. The zero-order chi connectivity index (χ0) is 17.6. The smallest absolute Gasteiger partial charge is 0.347 e. The van der Waals surface area contributed by atoms with Gasteiger partial charge in [-0.2, -0.15) is 5.26 Å². The summed E-state index contributed by atoms with van der Waals surface area (Å²) in [6.07, 6.45) is 2.05. The number of aromatic nitrogens is 2. The van der Waals surface area contributed by atoms with Crippen LogP contribution in [0.4, 0.5) is 0 Å². The fourth-order valence-electron chi connectivity index (χ4n) is 2.89. The Bertz CT molecular complexity index is 1010. The molecule has 3 aromatic rings. The van der Waals surface area contributed by atoms with Gasteiger partial charge in [-0.15, -0.1) is 11.3 Å². The molecule has 0 aliphatic rings. The molecular formula is C18H17N3O2S. The number of aromatic carboxylic acids is 1. The van der Waals surface area contributed by atoms with E-state index in [1.165, 1.54) is 0 Å². The lowest BCUT2D eigenvalue weighted by Crippen LogP contribution is -1.99. The summed E-state index contributed by atoms with van der Waals surface area (Å²) >= 11 is 1.14. The van der Waals surface area contributed by atoms with E-state index < -0.39 is 5.97 Å². The second-order valence-electron chi connectivity index (χ2n) is 6.08. The Balaban J connectivity index is 2.28. The second-order valence-corrected chi connectivity index (χ2v) is 7.08. The van der Waals surface area contributed by atoms with E-state index in [1.54, 1.807) is 13.0 Å². The van der Waals surface area contributed by atoms with Crippen LogP contribution in [-0.4, -0.2) is 20.6 Å². The maximum atomic E-state index is 11.2. The maximum Gasteiger partial charge on any atom is 0.347 e.